The number of rotatable bonds is 8. The lowest BCUT2D eigenvalue weighted by atomic mass is 10.1. The molecule has 0 aromatic carbocycles. The van der Waals surface area contributed by atoms with Crippen LogP contribution in [0.5, 0.6) is 0 Å². The molecule has 1 nitrogen and oxygen atoms in total. The molecule has 0 amide bonds. The second-order valence-corrected chi connectivity index (χ2v) is 12.0. The highest BCUT2D eigenvalue weighted by Gasteiger charge is 2.19. The minimum atomic E-state index is -0.875. The van der Waals surface area contributed by atoms with Crippen molar-refractivity contribution in [3.05, 3.63) is 0 Å². The third-order valence-electron chi connectivity index (χ3n) is 2.58. The minimum Gasteiger partial charge on any atom is -0.316 e. The van der Waals surface area contributed by atoms with E-state index in [0.717, 1.165) is 11.8 Å². The van der Waals surface area contributed by atoms with Gasteiger partial charge < -0.3 is 5.32 Å². The van der Waals surface area contributed by atoms with E-state index >= 15 is 0 Å². The summed E-state index contributed by atoms with van der Waals surface area (Å²) >= 11 is 0. The first-order valence-corrected chi connectivity index (χ1v) is 10.3. The van der Waals surface area contributed by atoms with Crippen LogP contribution in [0, 0.1) is 11.8 Å². The molecule has 1 N–H and O–H groups in total. The van der Waals surface area contributed by atoms with Gasteiger partial charge in [-0.1, -0.05) is 52.9 Å². The average Bonchev–Trinajstić information content (AvgIpc) is 2.00. The Morgan fingerprint density at radius 3 is 2.07 bits per heavy atom. The smallest absolute Gasteiger partial charge is 0.0445 e. The molecule has 0 fully saturated rings. The summed E-state index contributed by atoms with van der Waals surface area (Å²) in [5.74, 6) is 1.69. The molecule has 15 heavy (non-hydrogen) atoms. The van der Waals surface area contributed by atoms with Gasteiger partial charge in [-0.05, 0) is 31.3 Å². The van der Waals surface area contributed by atoms with Crippen molar-refractivity contribution >= 4 is 8.07 Å². The van der Waals surface area contributed by atoms with Gasteiger partial charge in [0.1, 0.15) is 0 Å². The molecule has 0 aliphatic heterocycles. The predicted molar refractivity (Wildman–Crippen MR) is 74.3 cm³/mol. The lowest BCUT2D eigenvalue weighted by Gasteiger charge is -2.25. The van der Waals surface area contributed by atoms with E-state index in [1.54, 1.807) is 0 Å². The van der Waals surface area contributed by atoms with Gasteiger partial charge in [0.05, 0.1) is 0 Å². The zero-order chi connectivity index (χ0) is 11.9. The van der Waals surface area contributed by atoms with Gasteiger partial charge in [0.15, 0.2) is 0 Å². The molecule has 0 aliphatic carbocycles. The summed E-state index contributed by atoms with van der Waals surface area (Å²) in [6.07, 6.45) is 2.73. The van der Waals surface area contributed by atoms with Crippen LogP contribution in [-0.2, 0) is 0 Å². The molecule has 1 unspecified atom stereocenters. The van der Waals surface area contributed by atoms with Crippen molar-refractivity contribution in [2.75, 3.05) is 13.1 Å². The van der Waals surface area contributed by atoms with Crippen LogP contribution < -0.4 is 5.32 Å². The van der Waals surface area contributed by atoms with E-state index < -0.39 is 8.07 Å². The molecule has 0 aromatic heterocycles. The molecule has 0 rings (SSSR count). The molecule has 0 aliphatic rings. The van der Waals surface area contributed by atoms with Crippen molar-refractivity contribution in [1.82, 2.24) is 5.32 Å². The van der Waals surface area contributed by atoms with Crippen molar-refractivity contribution in [2.45, 2.75) is 59.3 Å². The first-order chi connectivity index (χ1) is 6.85. The van der Waals surface area contributed by atoms with Crippen LogP contribution in [0.4, 0.5) is 0 Å². The second-order valence-electron chi connectivity index (χ2n) is 6.47. The van der Waals surface area contributed by atoms with Crippen LogP contribution >= 0.6 is 0 Å². The van der Waals surface area contributed by atoms with Crippen LogP contribution in [0.2, 0.25) is 25.7 Å². The lowest BCUT2D eigenvalue weighted by Crippen LogP contribution is -2.32. The normalized spacial score (nSPS) is 14.6. The van der Waals surface area contributed by atoms with E-state index in [9.17, 15) is 0 Å². The molecule has 0 saturated carbocycles. The highest BCUT2D eigenvalue weighted by Crippen LogP contribution is 2.20. The van der Waals surface area contributed by atoms with Crippen molar-refractivity contribution in [2.24, 2.45) is 11.8 Å². The van der Waals surface area contributed by atoms with E-state index in [2.05, 4.69) is 45.7 Å². The summed E-state index contributed by atoms with van der Waals surface area (Å²) in [4.78, 5) is 0. The maximum Gasteiger partial charge on any atom is 0.0445 e. The Morgan fingerprint density at radius 2 is 1.67 bits per heavy atom. The highest BCUT2D eigenvalue weighted by atomic mass is 28.3. The van der Waals surface area contributed by atoms with Gasteiger partial charge in [-0.3, -0.25) is 0 Å². The Labute approximate surface area is 98.0 Å². The van der Waals surface area contributed by atoms with Gasteiger partial charge in [-0.25, -0.2) is 0 Å². The predicted octanol–water partition coefficient (Wildman–Crippen LogP) is 3.99. The molecule has 0 spiro atoms. The zero-order valence-electron chi connectivity index (χ0n) is 11.7. The largest absolute Gasteiger partial charge is 0.316 e. The standard InChI is InChI=1S/C13H31NSi/c1-7-8-13(11-15(4,5)6)10-14-9-12(2)3/h12-14H,7-11H2,1-6H3. The fraction of sp³-hybridized carbons (Fsp3) is 1.00. The highest BCUT2D eigenvalue weighted by molar-refractivity contribution is 6.76. The average molecular weight is 229 g/mol. The van der Waals surface area contributed by atoms with Gasteiger partial charge in [0, 0.05) is 8.07 Å². The van der Waals surface area contributed by atoms with Gasteiger partial charge in [0.25, 0.3) is 0 Å². The molecule has 0 heterocycles. The van der Waals surface area contributed by atoms with Gasteiger partial charge in [-0.2, -0.15) is 0 Å². The number of hydrogen-bond acceptors (Lipinski definition) is 1. The minimum absolute atomic E-state index is 0.777. The Morgan fingerprint density at radius 1 is 1.07 bits per heavy atom. The summed E-state index contributed by atoms with van der Waals surface area (Å²) in [6, 6.07) is 1.48. The van der Waals surface area contributed by atoms with Crippen molar-refractivity contribution < 1.29 is 0 Å². The monoisotopic (exact) mass is 229 g/mol. The quantitative estimate of drug-likeness (QED) is 0.621. The van der Waals surface area contributed by atoms with Gasteiger partial charge >= 0.3 is 0 Å². The summed E-state index contributed by atoms with van der Waals surface area (Å²) in [7, 11) is -0.875. The van der Waals surface area contributed by atoms with Crippen LogP contribution in [-0.4, -0.2) is 21.2 Å². The Balaban J connectivity index is 3.83. The van der Waals surface area contributed by atoms with E-state index in [1.165, 1.54) is 32.0 Å². The molecule has 0 radical (unpaired) electrons. The molecule has 0 saturated heterocycles. The van der Waals surface area contributed by atoms with Crippen molar-refractivity contribution in [3.63, 3.8) is 0 Å². The Hall–Kier alpha value is 0.177. The summed E-state index contributed by atoms with van der Waals surface area (Å²) in [5, 5.41) is 3.61. The molecular weight excluding hydrogens is 198 g/mol. The number of nitrogens with one attached hydrogen (secondary N) is 1. The maximum absolute atomic E-state index is 3.61. The first kappa shape index (κ1) is 15.2. The zero-order valence-corrected chi connectivity index (χ0v) is 12.7. The molecule has 0 bridgehead atoms. The van der Waals surface area contributed by atoms with Crippen molar-refractivity contribution in [3.8, 4) is 0 Å². The number of hydrogen-bond donors (Lipinski definition) is 1. The lowest BCUT2D eigenvalue weighted by molar-refractivity contribution is 0.447. The van der Waals surface area contributed by atoms with Crippen LogP contribution in [0.1, 0.15) is 33.6 Å². The van der Waals surface area contributed by atoms with Crippen molar-refractivity contribution in [1.29, 1.82) is 0 Å². The topological polar surface area (TPSA) is 12.0 Å². The van der Waals surface area contributed by atoms with E-state index in [4.69, 9.17) is 0 Å². The van der Waals surface area contributed by atoms with E-state index in [-0.39, 0.29) is 0 Å². The summed E-state index contributed by atoms with van der Waals surface area (Å²) in [6.45, 7) is 16.7. The van der Waals surface area contributed by atoms with Crippen LogP contribution in [0.25, 0.3) is 0 Å². The molecule has 92 valence electrons. The molecule has 1 atom stereocenters. The second kappa shape index (κ2) is 7.45. The third kappa shape index (κ3) is 10.5. The van der Waals surface area contributed by atoms with E-state index in [0.29, 0.717) is 0 Å². The molecular formula is C13H31NSi. The van der Waals surface area contributed by atoms with Gasteiger partial charge in [-0.15, -0.1) is 0 Å². The fourth-order valence-electron chi connectivity index (χ4n) is 2.13. The fourth-order valence-corrected chi connectivity index (χ4v) is 4.21. The SMILES string of the molecule is CCCC(CNCC(C)C)C[Si](C)(C)C. The molecule has 0 aromatic rings. The maximum atomic E-state index is 3.61. The summed E-state index contributed by atoms with van der Waals surface area (Å²) < 4.78 is 0. The van der Waals surface area contributed by atoms with Crippen LogP contribution in [0.15, 0.2) is 0 Å². The Kier molecular flexibility index (Phi) is 7.54. The van der Waals surface area contributed by atoms with E-state index in [1.807, 2.05) is 0 Å². The van der Waals surface area contributed by atoms with Crippen LogP contribution in [0.3, 0.4) is 0 Å². The third-order valence-corrected chi connectivity index (χ3v) is 4.39. The first-order valence-electron chi connectivity index (χ1n) is 6.56. The summed E-state index contributed by atoms with van der Waals surface area (Å²) in [5.41, 5.74) is 0. The van der Waals surface area contributed by atoms with Gasteiger partial charge in [0.2, 0.25) is 0 Å². The Bertz CT molecular complexity index is 149. The molecule has 2 heteroatoms.